The van der Waals surface area contributed by atoms with Crippen molar-refractivity contribution < 1.29 is 4.74 Å². The van der Waals surface area contributed by atoms with E-state index in [0.717, 1.165) is 5.82 Å². The van der Waals surface area contributed by atoms with E-state index in [4.69, 9.17) is 4.74 Å². The molecule has 0 aliphatic rings. The van der Waals surface area contributed by atoms with Crippen LogP contribution in [0.3, 0.4) is 0 Å². The van der Waals surface area contributed by atoms with Crippen LogP contribution in [-0.4, -0.2) is 40.5 Å². The predicted octanol–water partition coefficient (Wildman–Crippen LogP) is -0.573. The predicted molar refractivity (Wildman–Crippen MR) is 47.1 cm³/mol. The Bertz CT molecular complexity index is 249. The van der Waals surface area contributed by atoms with E-state index in [-0.39, 0.29) is 6.10 Å². The normalized spacial score (nSPS) is 13.2. The van der Waals surface area contributed by atoms with Crippen molar-refractivity contribution in [1.82, 2.24) is 25.5 Å². The first kappa shape index (κ1) is 10.1. The molecule has 6 nitrogen and oxygen atoms in total. The zero-order chi connectivity index (χ0) is 9.68. The summed E-state index contributed by atoms with van der Waals surface area (Å²) in [5, 5.41) is 14.3. The standard InChI is InChI=1S/C7H15N5O/c1-6(13-3)5-12-7(4-8-2)9-10-11-12/h6,8H,4-5H2,1-3H3. The Hall–Kier alpha value is -1.01. The molecule has 0 aromatic carbocycles. The maximum Gasteiger partial charge on any atom is 0.165 e. The summed E-state index contributed by atoms with van der Waals surface area (Å²) in [5.74, 6) is 0.825. The van der Waals surface area contributed by atoms with Crippen LogP contribution < -0.4 is 5.32 Å². The first-order chi connectivity index (χ1) is 6.27. The summed E-state index contributed by atoms with van der Waals surface area (Å²) in [4.78, 5) is 0. The third-order valence-electron chi connectivity index (χ3n) is 1.77. The lowest BCUT2D eigenvalue weighted by Crippen LogP contribution is -2.20. The van der Waals surface area contributed by atoms with Gasteiger partial charge in [0, 0.05) is 7.11 Å². The number of hydrogen-bond donors (Lipinski definition) is 1. The first-order valence-electron chi connectivity index (χ1n) is 4.20. The highest BCUT2D eigenvalue weighted by Gasteiger charge is 2.07. The molecule has 6 heteroatoms. The second-order valence-electron chi connectivity index (χ2n) is 2.85. The van der Waals surface area contributed by atoms with Crippen LogP contribution in [0.2, 0.25) is 0 Å². The molecule has 0 saturated carbocycles. The first-order valence-corrected chi connectivity index (χ1v) is 4.20. The summed E-state index contributed by atoms with van der Waals surface area (Å²) >= 11 is 0. The van der Waals surface area contributed by atoms with Gasteiger partial charge >= 0.3 is 0 Å². The number of nitrogens with zero attached hydrogens (tertiary/aromatic N) is 4. The average molecular weight is 185 g/mol. The second-order valence-corrected chi connectivity index (χ2v) is 2.85. The Labute approximate surface area is 77.3 Å². The third kappa shape index (κ3) is 2.74. The van der Waals surface area contributed by atoms with Crippen molar-refractivity contribution in [2.45, 2.75) is 26.1 Å². The zero-order valence-corrected chi connectivity index (χ0v) is 8.19. The van der Waals surface area contributed by atoms with Crippen LogP contribution in [0, 0.1) is 0 Å². The van der Waals surface area contributed by atoms with Crippen molar-refractivity contribution in [2.75, 3.05) is 14.2 Å². The van der Waals surface area contributed by atoms with Crippen LogP contribution in [0.5, 0.6) is 0 Å². The molecule has 1 aromatic rings. The molecule has 13 heavy (non-hydrogen) atoms. The third-order valence-corrected chi connectivity index (χ3v) is 1.77. The molecule has 0 bridgehead atoms. The molecule has 0 saturated heterocycles. The van der Waals surface area contributed by atoms with Gasteiger partial charge in [0.15, 0.2) is 5.82 Å². The van der Waals surface area contributed by atoms with E-state index >= 15 is 0 Å². The van der Waals surface area contributed by atoms with Crippen LogP contribution in [0.15, 0.2) is 0 Å². The van der Waals surface area contributed by atoms with Gasteiger partial charge in [0.1, 0.15) is 0 Å². The maximum absolute atomic E-state index is 5.12. The van der Waals surface area contributed by atoms with Crippen LogP contribution in [0.4, 0.5) is 0 Å². The molecular formula is C7H15N5O. The lowest BCUT2D eigenvalue weighted by Gasteiger charge is -2.09. The van der Waals surface area contributed by atoms with Gasteiger partial charge in [-0.05, 0) is 24.4 Å². The van der Waals surface area contributed by atoms with Gasteiger partial charge in [-0.1, -0.05) is 0 Å². The van der Waals surface area contributed by atoms with Crippen LogP contribution in [0.25, 0.3) is 0 Å². The molecular weight excluding hydrogens is 170 g/mol. The molecule has 1 atom stereocenters. The molecule has 1 heterocycles. The Morgan fingerprint density at radius 2 is 2.38 bits per heavy atom. The fourth-order valence-electron chi connectivity index (χ4n) is 0.968. The molecule has 0 radical (unpaired) electrons. The number of aromatic nitrogens is 4. The van der Waals surface area contributed by atoms with E-state index in [9.17, 15) is 0 Å². The fraction of sp³-hybridized carbons (Fsp3) is 0.857. The van der Waals surface area contributed by atoms with Gasteiger partial charge in [-0.25, -0.2) is 4.68 Å². The minimum Gasteiger partial charge on any atom is -0.380 e. The smallest absolute Gasteiger partial charge is 0.165 e. The molecule has 1 unspecified atom stereocenters. The molecule has 74 valence electrons. The van der Waals surface area contributed by atoms with Crippen molar-refractivity contribution in [3.05, 3.63) is 5.82 Å². The number of tetrazole rings is 1. The summed E-state index contributed by atoms with van der Waals surface area (Å²) < 4.78 is 6.86. The van der Waals surface area contributed by atoms with Gasteiger partial charge in [-0.3, -0.25) is 0 Å². The van der Waals surface area contributed by atoms with E-state index in [0.29, 0.717) is 13.1 Å². The number of hydrogen-bond acceptors (Lipinski definition) is 5. The van der Waals surface area contributed by atoms with Crippen molar-refractivity contribution in [3.63, 3.8) is 0 Å². The topological polar surface area (TPSA) is 64.9 Å². The van der Waals surface area contributed by atoms with Crippen molar-refractivity contribution >= 4 is 0 Å². The van der Waals surface area contributed by atoms with E-state index in [2.05, 4.69) is 20.8 Å². The lowest BCUT2D eigenvalue weighted by atomic mass is 10.4. The Balaban J connectivity index is 2.59. The molecule has 0 aliphatic carbocycles. The molecule has 0 fully saturated rings. The monoisotopic (exact) mass is 185 g/mol. The second kappa shape index (κ2) is 4.88. The highest BCUT2D eigenvalue weighted by Crippen LogP contribution is 1.96. The summed E-state index contributed by atoms with van der Waals surface area (Å²) in [6.45, 7) is 3.33. The molecule has 0 aliphatic heterocycles. The Morgan fingerprint density at radius 1 is 1.62 bits per heavy atom. The zero-order valence-electron chi connectivity index (χ0n) is 8.19. The number of nitrogens with one attached hydrogen (secondary N) is 1. The van der Waals surface area contributed by atoms with E-state index in [1.165, 1.54) is 0 Å². The van der Waals surface area contributed by atoms with Gasteiger partial charge in [-0.2, -0.15) is 0 Å². The Kier molecular flexibility index (Phi) is 3.78. The minimum atomic E-state index is 0.124. The van der Waals surface area contributed by atoms with Crippen LogP contribution in [0.1, 0.15) is 12.7 Å². The summed E-state index contributed by atoms with van der Waals surface area (Å²) in [5.41, 5.74) is 0. The fourth-order valence-corrected chi connectivity index (χ4v) is 0.968. The lowest BCUT2D eigenvalue weighted by molar-refractivity contribution is 0.0983. The van der Waals surface area contributed by atoms with Gasteiger partial charge in [-0.15, -0.1) is 5.10 Å². The highest BCUT2D eigenvalue weighted by atomic mass is 16.5. The molecule has 0 amide bonds. The van der Waals surface area contributed by atoms with Crippen LogP contribution >= 0.6 is 0 Å². The van der Waals surface area contributed by atoms with Crippen molar-refractivity contribution in [2.24, 2.45) is 0 Å². The highest BCUT2D eigenvalue weighted by molar-refractivity contribution is 4.79. The Morgan fingerprint density at radius 3 is 3.00 bits per heavy atom. The van der Waals surface area contributed by atoms with Gasteiger partial charge in [0.25, 0.3) is 0 Å². The number of rotatable bonds is 5. The molecule has 1 rings (SSSR count). The summed E-state index contributed by atoms with van der Waals surface area (Å²) in [7, 11) is 3.53. The van der Waals surface area contributed by atoms with Gasteiger partial charge < -0.3 is 10.1 Å². The quantitative estimate of drug-likeness (QED) is 0.665. The summed E-state index contributed by atoms with van der Waals surface area (Å²) in [6.07, 6.45) is 0.124. The van der Waals surface area contributed by atoms with E-state index in [1.54, 1.807) is 11.8 Å². The molecule has 1 N–H and O–H groups in total. The SMILES string of the molecule is CNCc1nnnn1CC(C)OC. The van der Waals surface area contributed by atoms with Crippen molar-refractivity contribution in [1.29, 1.82) is 0 Å². The number of ether oxygens (including phenoxy) is 1. The maximum atomic E-state index is 5.12. The van der Waals surface area contributed by atoms with E-state index < -0.39 is 0 Å². The van der Waals surface area contributed by atoms with Gasteiger partial charge in [0.05, 0.1) is 19.2 Å². The molecule has 0 spiro atoms. The number of methoxy groups -OCH3 is 1. The van der Waals surface area contributed by atoms with E-state index in [1.807, 2.05) is 14.0 Å². The average Bonchev–Trinajstić information content (AvgIpc) is 2.54. The van der Waals surface area contributed by atoms with Crippen LogP contribution in [-0.2, 0) is 17.8 Å². The molecule has 1 aromatic heterocycles. The van der Waals surface area contributed by atoms with Gasteiger partial charge in [0.2, 0.25) is 0 Å². The minimum absolute atomic E-state index is 0.124. The summed E-state index contributed by atoms with van der Waals surface area (Å²) in [6, 6.07) is 0. The van der Waals surface area contributed by atoms with Crippen molar-refractivity contribution in [3.8, 4) is 0 Å². The largest absolute Gasteiger partial charge is 0.380 e.